The van der Waals surface area contributed by atoms with Crippen molar-refractivity contribution >= 4 is 11.8 Å². The van der Waals surface area contributed by atoms with E-state index >= 15 is 0 Å². The maximum atomic E-state index is 12.8. The summed E-state index contributed by atoms with van der Waals surface area (Å²) in [5.41, 5.74) is -0.727. The second kappa shape index (κ2) is 13.8. The van der Waals surface area contributed by atoms with Gasteiger partial charge in [-0.25, -0.2) is 4.89 Å². The summed E-state index contributed by atoms with van der Waals surface area (Å²) in [5.74, 6) is 1.34. The van der Waals surface area contributed by atoms with Gasteiger partial charge in [-0.2, -0.15) is 26.3 Å². The van der Waals surface area contributed by atoms with Crippen LogP contribution in [0.5, 0.6) is 17.2 Å². The summed E-state index contributed by atoms with van der Waals surface area (Å²) in [7, 11) is 0. The first-order chi connectivity index (χ1) is 18.5. The molecule has 0 aliphatic rings. The zero-order valence-electron chi connectivity index (χ0n) is 20.7. The summed E-state index contributed by atoms with van der Waals surface area (Å²) in [5, 5.41) is 8.41. The third-order valence-electron chi connectivity index (χ3n) is 5.40. The van der Waals surface area contributed by atoms with Gasteiger partial charge < -0.3 is 14.2 Å². The molecule has 5 nitrogen and oxygen atoms in total. The Morgan fingerprint density at radius 1 is 0.718 bits per heavy atom. The predicted octanol–water partition coefficient (Wildman–Crippen LogP) is 7.77. The summed E-state index contributed by atoms with van der Waals surface area (Å²) in [6.45, 7) is 2.25. The van der Waals surface area contributed by atoms with E-state index in [4.69, 9.17) is 19.5 Å². The number of benzene rings is 3. The molecule has 39 heavy (non-hydrogen) atoms. The van der Waals surface area contributed by atoms with Crippen molar-refractivity contribution in [1.29, 1.82) is 0 Å². The SMILES string of the molecule is Cc1cc(SCC(COc2ccc(C(F)(F)F)cc2)COc2ccc(C(F)(F)F)cc2)ccc1OCCOO. The number of hydrogen-bond donors (Lipinski definition) is 1. The highest BCUT2D eigenvalue weighted by atomic mass is 32.2. The van der Waals surface area contributed by atoms with Gasteiger partial charge in [-0.1, -0.05) is 0 Å². The van der Waals surface area contributed by atoms with Gasteiger partial charge in [0.15, 0.2) is 0 Å². The standard InChI is InChI=1S/C27H26F6O5S/c1-18-14-24(10-11-25(18)35-12-13-38-34)39-17-19(15-36-22-6-2-20(3-7-22)26(28,29)30)16-37-23-8-4-21(5-9-23)27(31,32)33/h2-11,14,19,34H,12-13,15-17H2,1H3. The van der Waals surface area contributed by atoms with E-state index in [2.05, 4.69) is 4.89 Å². The molecule has 0 atom stereocenters. The Labute approximate surface area is 225 Å². The van der Waals surface area contributed by atoms with Gasteiger partial charge in [0.25, 0.3) is 0 Å². The average molecular weight is 577 g/mol. The van der Waals surface area contributed by atoms with Crippen molar-refractivity contribution in [3.8, 4) is 17.2 Å². The summed E-state index contributed by atoms with van der Waals surface area (Å²) in [4.78, 5) is 4.90. The Morgan fingerprint density at radius 3 is 1.67 bits per heavy atom. The molecule has 0 aromatic heterocycles. The maximum absolute atomic E-state index is 12.8. The molecule has 0 fully saturated rings. The molecule has 0 spiro atoms. The molecule has 0 aliphatic carbocycles. The van der Waals surface area contributed by atoms with E-state index in [0.717, 1.165) is 34.7 Å². The van der Waals surface area contributed by atoms with Crippen LogP contribution >= 0.6 is 11.8 Å². The maximum Gasteiger partial charge on any atom is 0.416 e. The lowest BCUT2D eigenvalue weighted by Crippen LogP contribution is -2.22. The molecule has 0 radical (unpaired) electrons. The molecule has 3 aromatic rings. The van der Waals surface area contributed by atoms with Crippen LogP contribution in [0.15, 0.2) is 71.6 Å². The van der Waals surface area contributed by atoms with E-state index in [1.54, 1.807) is 6.07 Å². The molecular weight excluding hydrogens is 550 g/mol. The van der Waals surface area contributed by atoms with Crippen molar-refractivity contribution in [2.75, 3.05) is 32.2 Å². The number of rotatable bonds is 13. The lowest BCUT2D eigenvalue weighted by atomic mass is 10.2. The lowest BCUT2D eigenvalue weighted by molar-refractivity contribution is -0.245. The quantitative estimate of drug-likeness (QED) is 0.0738. The second-order valence-electron chi connectivity index (χ2n) is 8.45. The monoisotopic (exact) mass is 576 g/mol. The fourth-order valence-corrected chi connectivity index (χ4v) is 4.37. The summed E-state index contributed by atoms with van der Waals surface area (Å²) in [6, 6.07) is 14.2. The molecule has 0 unspecified atom stereocenters. The molecule has 12 heteroatoms. The minimum Gasteiger partial charge on any atom is -0.493 e. The summed E-state index contributed by atoms with van der Waals surface area (Å²) >= 11 is 1.48. The highest BCUT2D eigenvalue weighted by molar-refractivity contribution is 7.99. The summed E-state index contributed by atoms with van der Waals surface area (Å²) in [6.07, 6.45) is -8.92. The zero-order valence-corrected chi connectivity index (χ0v) is 21.5. The first-order valence-corrected chi connectivity index (χ1v) is 12.7. The number of ether oxygens (including phenoxy) is 3. The van der Waals surface area contributed by atoms with Gasteiger partial charge in [0.2, 0.25) is 0 Å². The molecule has 1 N–H and O–H groups in total. The molecular formula is C27H26F6O5S. The van der Waals surface area contributed by atoms with E-state index in [1.165, 1.54) is 36.0 Å². The molecule has 0 saturated carbocycles. The minimum absolute atomic E-state index is 0.0233. The van der Waals surface area contributed by atoms with Crippen LogP contribution in [0.1, 0.15) is 16.7 Å². The third-order valence-corrected chi connectivity index (χ3v) is 6.62. The Bertz CT molecular complexity index is 1110. The van der Waals surface area contributed by atoms with Crippen molar-refractivity contribution in [3.05, 3.63) is 83.4 Å². The van der Waals surface area contributed by atoms with Crippen LogP contribution < -0.4 is 14.2 Å². The van der Waals surface area contributed by atoms with Crippen molar-refractivity contribution in [1.82, 2.24) is 0 Å². The number of alkyl halides is 6. The first-order valence-electron chi connectivity index (χ1n) is 11.7. The molecule has 0 amide bonds. The average Bonchev–Trinajstić information content (AvgIpc) is 2.89. The summed E-state index contributed by atoms with van der Waals surface area (Å²) < 4.78 is 93.9. The number of aryl methyl sites for hydroxylation is 1. The number of halogens is 6. The van der Waals surface area contributed by atoms with Crippen LogP contribution in [0.25, 0.3) is 0 Å². The second-order valence-corrected chi connectivity index (χ2v) is 9.55. The van der Waals surface area contributed by atoms with Gasteiger partial charge in [-0.3, -0.25) is 5.26 Å². The fourth-order valence-electron chi connectivity index (χ4n) is 3.33. The topological polar surface area (TPSA) is 57.2 Å². The Hall–Kier alpha value is -3.09. The molecule has 212 valence electrons. The largest absolute Gasteiger partial charge is 0.493 e. The zero-order chi connectivity index (χ0) is 28.5. The van der Waals surface area contributed by atoms with Gasteiger partial charge in [0.1, 0.15) is 30.5 Å². The fraction of sp³-hybridized carbons (Fsp3) is 0.333. The van der Waals surface area contributed by atoms with E-state index in [-0.39, 0.29) is 43.8 Å². The molecule has 0 bridgehead atoms. The van der Waals surface area contributed by atoms with E-state index < -0.39 is 23.5 Å². The number of hydrogen-bond acceptors (Lipinski definition) is 6. The molecule has 0 heterocycles. The normalized spacial score (nSPS) is 12.0. The van der Waals surface area contributed by atoms with Crippen molar-refractivity contribution in [2.24, 2.45) is 5.92 Å². The van der Waals surface area contributed by atoms with E-state index in [1.807, 2.05) is 19.1 Å². The highest BCUT2D eigenvalue weighted by Crippen LogP contribution is 2.32. The van der Waals surface area contributed by atoms with E-state index in [9.17, 15) is 26.3 Å². The Kier molecular flexibility index (Phi) is 10.8. The van der Waals surface area contributed by atoms with Crippen molar-refractivity contribution < 1.29 is 50.7 Å². The van der Waals surface area contributed by atoms with Crippen LogP contribution in [-0.4, -0.2) is 37.4 Å². The van der Waals surface area contributed by atoms with Crippen LogP contribution in [0.3, 0.4) is 0 Å². The van der Waals surface area contributed by atoms with Crippen LogP contribution in [-0.2, 0) is 17.2 Å². The molecule has 0 aliphatic heterocycles. The van der Waals surface area contributed by atoms with Crippen molar-refractivity contribution in [2.45, 2.75) is 24.2 Å². The van der Waals surface area contributed by atoms with Gasteiger partial charge in [0.05, 0.1) is 24.3 Å². The third kappa shape index (κ3) is 9.86. The molecule has 3 aromatic carbocycles. The van der Waals surface area contributed by atoms with Gasteiger partial charge in [-0.05, 0) is 79.2 Å². The van der Waals surface area contributed by atoms with Crippen molar-refractivity contribution in [3.63, 3.8) is 0 Å². The number of thioether (sulfide) groups is 1. The molecule has 3 rings (SSSR count). The van der Waals surface area contributed by atoms with Gasteiger partial charge in [-0.15, -0.1) is 11.8 Å². The lowest BCUT2D eigenvalue weighted by Gasteiger charge is -2.19. The van der Waals surface area contributed by atoms with Gasteiger partial charge >= 0.3 is 12.4 Å². The van der Waals surface area contributed by atoms with Gasteiger partial charge in [0, 0.05) is 16.6 Å². The van der Waals surface area contributed by atoms with E-state index in [0.29, 0.717) is 11.5 Å². The van der Waals surface area contributed by atoms with Crippen LogP contribution in [0.4, 0.5) is 26.3 Å². The molecule has 0 saturated heterocycles. The Balaban J connectivity index is 1.64. The minimum atomic E-state index is -4.46. The predicted molar refractivity (Wildman–Crippen MR) is 133 cm³/mol. The highest BCUT2D eigenvalue weighted by Gasteiger charge is 2.31. The first kappa shape index (κ1) is 30.5. The smallest absolute Gasteiger partial charge is 0.416 e. The van der Waals surface area contributed by atoms with Crippen LogP contribution in [0.2, 0.25) is 0 Å². The Morgan fingerprint density at radius 2 is 1.23 bits per heavy atom. The van der Waals surface area contributed by atoms with Crippen LogP contribution in [0, 0.1) is 12.8 Å².